The van der Waals surface area contributed by atoms with Gasteiger partial charge in [0.15, 0.2) is 0 Å². The summed E-state index contributed by atoms with van der Waals surface area (Å²) in [4.78, 5) is 0. The third kappa shape index (κ3) is 7.05. The molecule has 0 saturated carbocycles. The minimum Gasteiger partial charge on any atom is -0.385 e. The van der Waals surface area contributed by atoms with Gasteiger partial charge in [-0.2, -0.15) is 0 Å². The molecule has 0 aliphatic carbocycles. The van der Waals surface area contributed by atoms with Gasteiger partial charge in [-0.25, -0.2) is 0 Å². The Morgan fingerprint density at radius 3 is 2.00 bits per heavy atom. The van der Waals surface area contributed by atoms with Crippen molar-refractivity contribution < 1.29 is 4.74 Å². The molecule has 0 aliphatic heterocycles. The summed E-state index contributed by atoms with van der Waals surface area (Å²) in [7, 11) is 1.59. The first-order valence-electron chi connectivity index (χ1n) is 2.12. The van der Waals surface area contributed by atoms with Crippen molar-refractivity contribution >= 4 is 39.2 Å². The summed E-state index contributed by atoms with van der Waals surface area (Å²) >= 11 is 16.5. The maximum atomic E-state index is 5.50. The molecule has 0 aromatic heterocycles. The van der Waals surface area contributed by atoms with Gasteiger partial charge in [0.1, 0.15) is 0 Å². The van der Waals surface area contributed by atoms with E-state index in [-0.39, 0.29) is 0 Å². The van der Waals surface area contributed by atoms with Crippen molar-refractivity contribution in [3.05, 3.63) is 0 Å². The van der Waals surface area contributed by atoms with Crippen molar-refractivity contribution in [3.8, 4) is 0 Å². The Hall–Kier alpha value is 1.05. The number of ether oxygens (including phenoxy) is 1. The molecular weight excluding hydrogens is 186 g/mol. The number of methoxy groups -OCH3 is 1. The smallest absolute Gasteiger partial charge is 0.343 e. The van der Waals surface area contributed by atoms with Crippen molar-refractivity contribution in [2.75, 3.05) is 13.7 Å². The quantitative estimate of drug-likeness (QED) is 0.494. The molecule has 0 fully saturated rings. The molecule has 0 radical (unpaired) electrons. The summed E-state index contributed by atoms with van der Waals surface area (Å²) in [6.45, 7) is 0.544. The molecule has 0 bridgehead atoms. The maximum absolute atomic E-state index is 5.50. The van der Waals surface area contributed by atoms with E-state index in [2.05, 4.69) is 0 Å². The predicted molar refractivity (Wildman–Crippen MR) is 40.0 cm³/mol. The van der Waals surface area contributed by atoms with E-state index >= 15 is 0 Å². The van der Waals surface area contributed by atoms with Crippen LogP contribution in [-0.2, 0) is 4.74 Å². The van der Waals surface area contributed by atoms with Gasteiger partial charge in [0, 0.05) is 19.8 Å². The lowest BCUT2D eigenvalue weighted by molar-refractivity contribution is 0.215. The van der Waals surface area contributed by atoms with Crippen molar-refractivity contribution in [3.63, 3.8) is 0 Å². The third-order valence-corrected chi connectivity index (χ3v) is 3.06. The summed E-state index contributed by atoms with van der Waals surface area (Å²) < 4.78 is 4.70. The Morgan fingerprint density at radius 2 is 1.88 bits per heavy atom. The van der Waals surface area contributed by atoms with E-state index in [0.29, 0.717) is 12.7 Å². The van der Waals surface area contributed by atoms with Crippen LogP contribution in [0.2, 0.25) is 6.04 Å². The molecule has 0 atom stereocenters. The second-order valence-electron chi connectivity index (χ2n) is 1.36. The number of rotatable bonds is 3. The van der Waals surface area contributed by atoms with Gasteiger partial charge in [0.2, 0.25) is 0 Å². The Bertz CT molecular complexity index is 62.0. The molecule has 5 heteroatoms. The maximum Gasteiger partial charge on any atom is 0.343 e. The molecule has 0 aromatic rings. The second-order valence-corrected chi connectivity index (χ2v) is 10.6. The lowest BCUT2D eigenvalue weighted by Gasteiger charge is -2.04. The number of hydrogen-bond acceptors (Lipinski definition) is 1. The summed E-state index contributed by atoms with van der Waals surface area (Å²) in [5.74, 6) is 0. The van der Waals surface area contributed by atoms with Crippen LogP contribution in [-0.4, -0.2) is 19.7 Å². The summed E-state index contributed by atoms with van der Waals surface area (Å²) in [6, 6.07) is -1.81. The molecule has 0 heterocycles. The van der Waals surface area contributed by atoms with Crippen molar-refractivity contribution in [1.82, 2.24) is 0 Å². The van der Waals surface area contributed by atoms with E-state index in [1.54, 1.807) is 7.11 Å². The lowest BCUT2D eigenvalue weighted by atomic mass is 10.9. The molecule has 0 aliphatic rings. The molecule has 0 amide bonds. The van der Waals surface area contributed by atoms with Crippen molar-refractivity contribution in [1.29, 1.82) is 0 Å². The van der Waals surface area contributed by atoms with Crippen LogP contribution in [0.5, 0.6) is 0 Å². The zero-order valence-corrected chi connectivity index (χ0v) is 7.72. The Labute approximate surface area is 64.0 Å². The fraction of sp³-hybridized carbons (Fsp3) is 1.00. The fourth-order valence-corrected chi connectivity index (χ4v) is 1.35. The van der Waals surface area contributed by atoms with Crippen LogP contribution < -0.4 is 0 Å². The molecule has 0 saturated heterocycles. The van der Waals surface area contributed by atoms with Crippen LogP contribution in [0, 0.1) is 0 Å². The van der Waals surface area contributed by atoms with E-state index in [1.807, 2.05) is 0 Å². The first-order valence-corrected chi connectivity index (χ1v) is 7.36. The van der Waals surface area contributed by atoms with Gasteiger partial charge >= 0.3 is 6.00 Å². The second kappa shape index (κ2) is 3.96. The van der Waals surface area contributed by atoms with Crippen LogP contribution in [0.25, 0.3) is 0 Å². The lowest BCUT2D eigenvalue weighted by Crippen LogP contribution is -2.11. The molecule has 1 nitrogen and oxygen atoms in total. The van der Waals surface area contributed by atoms with Crippen LogP contribution in [0.1, 0.15) is 0 Å². The molecule has 0 aromatic carbocycles. The molecular formula is C3H7Cl3OSi. The van der Waals surface area contributed by atoms with Crippen molar-refractivity contribution in [2.24, 2.45) is 0 Å². The minimum absolute atomic E-state index is 0.544. The molecule has 50 valence electrons. The average Bonchev–Trinajstić information content (AvgIpc) is 1.59. The fourth-order valence-electron chi connectivity index (χ4n) is 0.218. The highest BCUT2D eigenvalue weighted by atomic mass is 35.8. The minimum atomic E-state index is -2.39. The highest BCUT2D eigenvalue weighted by Crippen LogP contribution is 2.24. The van der Waals surface area contributed by atoms with Gasteiger partial charge in [0.05, 0.1) is 0 Å². The van der Waals surface area contributed by atoms with Crippen molar-refractivity contribution in [2.45, 2.75) is 6.04 Å². The van der Waals surface area contributed by atoms with E-state index < -0.39 is 6.00 Å². The topological polar surface area (TPSA) is 9.23 Å². The monoisotopic (exact) mass is 192 g/mol. The zero-order valence-electron chi connectivity index (χ0n) is 4.46. The first kappa shape index (κ1) is 9.05. The highest BCUT2D eigenvalue weighted by Gasteiger charge is 2.23. The van der Waals surface area contributed by atoms with Crippen LogP contribution in [0.3, 0.4) is 0 Å². The highest BCUT2D eigenvalue weighted by molar-refractivity contribution is 7.64. The number of halogens is 3. The SMILES string of the molecule is COCC[Si](Cl)(Cl)Cl. The van der Waals surface area contributed by atoms with Crippen LogP contribution in [0.4, 0.5) is 0 Å². The molecule has 0 rings (SSSR count). The Balaban J connectivity index is 3.11. The Morgan fingerprint density at radius 1 is 1.38 bits per heavy atom. The molecule has 8 heavy (non-hydrogen) atoms. The van der Waals surface area contributed by atoms with Gasteiger partial charge in [-0.1, -0.05) is 0 Å². The zero-order chi connectivity index (χ0) is 6.62. The van der Waals surface area contributed by atoms with Gasteiger partial charge < -0.3 is 4.74 Å². The molecule has 0 spiro atoms. The standard InChI is InChI=1S/C3H7Cl3OSi/c1-7-2-3-8(4,5)6/h2-3H2,1H3. The molecule has 0 N–H and O–H groups in total. The van der Waals surface area contributed by atoms with Gasteiger partial charge in [-0.3, -0.25) is 0 Å². The summed E-state index contributed by atoms with van der Waals surface area (Å²) in [5.41, 5.74) is 0. The Kier molecular flexibility index (Phi) is 4.48. The first-order chi connectivity index (χ1) is 3.56. The van der Waals surface area contributed by atoms with E-state index in [0.717, 1.165) is 0 Å². The summed E-state index contributed by atoms with van der Waals surface area (Å²) in [6.07, 6.45) is 0. The van der Waals surface area contributed by atoms with Gasteiger partial charge in [0.25, 0.3) is 0 Å². The van der Waals surface area contributed by atoms with Gasteiger partial charge in [-0.05, 0) is 0 Å². The average molecular weight is 194 g/mol. The van der Waals surface area contributed by atoms with E-state index in [4.69, 9.17) is 38.0 Å². The van der Waals surface area contributed by atoms with E-state index in [9.17, 15) is 0 Å². The van der Waals surface area contributed by atoms with Crippen LogP contribution >= 0.6 is 33.2 Å². The predicted octanol–water partition coefficient (Wildman–Crippen LogP) is 2.29. The molecule has 0 unspecified atom stereocenters. The van der Waals surface area contributed by atoms with Crippen LogP contribution in [0.15, 0.2) is 0 Å². The third-order valence-electron chi connectivity index (χ3n) is 0.590. The normalized spacial score (nSPS) is 12.0. The summed E-state index contributed by atoms with van der Waals surface area (Å²) in [5, 5.41) is 0. The van der Waals surface area contributed by atoms with E-state index in [1.165, 1.54) is 0 Å². The number of hydrogen-bond donors (Lipinski definition) is 0. The largest absolute Gasteiger partial charge is 0.385 e. The van der Waals surface area contributed by atoms with Gasteiger partial charge in [-0.15, -0.1) is 33.2 Å².